The van der Waals surface area contributed by atoms with Crippen LogP contribution in [0.3, 0.4) is 0 Å². The minimum Gasteiger partial charge on any atom is -0.481 e. The van der Waals surface area contributed by atoms with Crippen LogP contribution >= 0.6 is 11.8 Å². The Morgan fingerprint density at radius 2 is 2.30 bits per heavy atom. The summed E-state index contributed by atoms with van der Waals surface area (Å²) >= 11 is 1.21. The summed E-state index contributed by atoms with van der Waals surface area (Å²) in [7, 11) is 1.57. The molecule has 0 aliphatic carbocycles. The van der Waals surface area contributed by atoms with Gasteiger partial charge in [0.1, 0.15) is 0 Å². The first kappa shape index (κ1) is 14.4. The monoisotopic (exact) mass is 293 g/mol. The molecule has 2 aromatic heterocycles. The van der Waals surface area contributed by atoms with E-state index in [-0.39, 0.29) is 5.75 Å². The molecular weight excluding hydrogens is 278 g/mol. The zero-order valence-electron chi connectivity index (χ0n) is 11.2. The number of nitrogens with zero attached hydrogens (tertiary/aromatic N) is 3. The van der Waals surface area contributed by atoms with Crippen molar-refractivity contribution in [1.82, 2.24) is 14.5 Å². The lowest BCUT2D eigenvalue weighted by molar-refractivity contribution is -0.133. The van der Waals surface area contributed by atoms with Crippen LogP contribution in [-0.4, -0.2) is 38.5 Å². The molecule has 0 unspecified atom stereocenters. The highest BCUT2D eigenvalue weighted by atomic mass is 32.2. The summed E-state index contributed by atoms with van der Waals surface area (Å²) in [5, 5.41) is 9.43. The largest absolute Gasteiger partial charge is 0.481 e. The predicted octanol–water partition coefficient (Wildman–Crippen LogP) is 1.82. The molecule has 2 aromatic rings. The smallest absolute Gasteiger partial charge is 0.313 e. The van der Waals surface area contributed by atoms with Crippen LogP contribution in [-0.2, 0) is 11.3 Å². The van der Waals surface area contributed by atoms with Crippen molar-refractivity contribution in [3.63, 3.8) is 0 Å². The molecule has 6 nitrogen and oxygen atoms in total. The Morgan fingerprint density at radius 1 is 1.50 bits per heavy atom. The van der Waals surface area contributed by atoms with E-state index in [1.807, 2.05) is 23.8 Å². The number of rotatable bonds is 6. The molecule has 0 aliphatic heterocycles. The summed E-state index contributed by atoms with van der Waals surface area (Å²) in [5.74, 6) is -0.290. The van der Waals surface area contributed by atoms with Gasteiger partial charge in [-0.25, -0.2) is 9.97 Å². The van der Waals surface area contributed by atoms with Crippen molar-refractivity contribution < 1.29 is 14.6 Å². The number of thioether (sulfide) groups is 1. The third-order valence-corrected chi connectivity index (χ3v) is 3.52. The van der Waals surface area contributed by atoms with Crippen molar-refractivity contribution in [3.05, 3.63) is 35.8 Å². The van der Waals surface area contributed by atoms with Crippen LogP contribution in [0.4, 0.5) is 0 Å². The molecule has 106 valence electrons. The number of imidazole rings is 1. The lowest BCUT2D eigenvalue weighted by atomic mass is 10.3. The minimum absolute atomic E-state index is 0.00266. The van der Waals surface area contributed by atoms with E-state index >= 15 is 0 Å². The van der Waals surface area contributed by atoms with E-state index in [1.54, 1.807) is 19.4 Å². The third-order valence-electron chi connectivity index (χ3n) is 2.54. The molecule has 0 spiro atoms. The number of carboxylic acid groups (broad SMARTS) is 1. The standard InChI is InChI=1S/C13H15N3O3S/c1-9-6-16(13(15-9)20-8-12(17)18)7-10-3-4-11(19-2)14-5-10/h3-6H,7-8H2,1-2H3,(H,17,18). The van der Waals surface area contributed by atoms with Crippen LogP contribution in [0.15, 0.2) is 29.7 Å². The lowest BCUT2D eigenvalue weighted by Gasteiger charge is -2.07. The summed E-state index contributed by atoms with van der Waals surface area (Å²) in [6.07, 6.45) is 3.63. The SMILES string of the molecule is COc1ccc(Cn2cc(C)nc2SCC(=O)O)cn1. The summed E-state index contributed by atoms with van der Waals surface area (Å²) in [6.45, 7) is 2.48. The number of carboxylic acids is 1. The number of aromatic nitrogens is 3. The maximum Gasteiger partial charge on any atom is 0.313 e. The van der Waals surface area contributed by atoms with Gasteiger partial charge < -0.3 is 14.4 Å². The van der Waals surface area contributed by atoms with E-state index in [9.17, 15) is 4.79 Å². The molecule has 20 heavy (non-hydrogen) atoms. The van der Waals surface area contributed by atoms with Gasteiger partial charge in [0.25, 0.3) is 0 Å². The molecule has 0 amide bonds. The highest BCUT2D eigenvalue weighted by Crippen LogP contribution is 2.19. The second-order valence-corrected chi connectivity index (χ2v) is 5.13. The third kappa shape index (κ3) is 3.74. The Hall–Kier alpha value is -2.02. The van der Waals surface area contributed by atoms with Crippen LogP contribution in [0.2, 0.25) is 0 Å². The van der Waals surface area contributed by atoms with Gasteiger partial charge in [0.05, 0.1) is 25.1 Å². The molecule has 0 saturated heterocycles. The minimum atomic E-state index is -0.853. The maximum atomic E-state index is 10.6. The molecule has 1 N–H and O–H groups in total. The summed E-state index contributed by atoms with van der Waals surface area (Å²) in [4.78, 5) is 19.1. The number of aryl methyl sites for hydroxylation is 1. The first-order valence-corrected chi connectivity index (χ1v) is 6.94. The summed E-state index contributed by atoms with van der Waals surface area (Å²) < 4.78 is 6.94. The Balaban J connectivity index is 2.12. The van der Waals surface area contributed by atoms with Crippen LogP contribution < -0.4 is 4.74 Å². The van der Waals surface area contributed by atoms with E-state index in [1.165, 1.54) is 11.8 Å². The summed E-state index contributed by atoms with van der Waals surface area (Å²) in [5.41, 5.74) is 1.86. The lowest BCUT2D eigenvalue weighted by Crippen LogP contribution is -2.04. The van der Waals surface area contributed by atoms with Crippen LogP contribution in [0.25, 0.3) is 0 Å². The van der Waals surface area contributed by atoms with Gasteiger partial charge in [-0.2, -0.15) is 0 Å². The Labute approximate surface area is 120 Å². The van der Waals surface area contributed by atoms with E-state index in [0.717, 1.165) is 11.3 Å². The van der Waals surface area contributed by atoms with Crippen LogP contribution in [0.5, 0.6) is 5.88 Å². The second kappa shape index (κ2) is 6.42. The van der Waals surface area contributed by atoms with Crippen LogP contribution in [0, 0.1) is 6.92 Å². The number of hydrogen-bond acceptors (Lipinski definition) is 5. The van der Waals surface area contributed by atoms with Gasteiger partial charge in [0.2, 0.25) is 5.88 Å². The predicted molar refractivity (Wildman–Crippen MR) is 75.2 cm³/mol. The topological polar surface area (TPSA) is 77.2 Å². The highest BCUT2D eigenvalue weighted by molar-refractivity contribution is 7.99. The molecule has 0 atom stereocenters. The number of aliphatic carboxylic acids is 1. The molecule has 0 aliphatic rings. The fourth-order valence-corrected chi connectivity index (χ4v) is 2.45. The van der Waals surface area contributed by atoms with E-state index in [4.69, 9.17) is 9.84 Å². The normalized spacial score (nSPS) is 10.5. The average Bonchev–Trinajstić information content (AvgIpc) is 2.77. The van der Waals surface area contributed by atoms with Gasteiger partial charge in [-0.1, -0.05) is 17.8 Å². The first-order chi connectivity index (χ1) is 9.58. The van der Waals surface area contributed by atoms with Crippen molar-refractivity contribution in [2.45, 2.75) is 18.6 Å². The number of hydrogen-bond donors (Lipinski definition) is 1. The molecule has 0 fully saturated rings. The molecule has 0 bridgehead atoms. The Bertz CT molecular complexity index is 595. The fraction of sp³-hybridized carbons (Fsp3) is 0.308. The van der Waals surface area contributed by atoms with E-state index in [0.29, 0.717) is 17.6 Å². The quantitative estimate of drug-likeness (QED) is 0.819. The number of methoxy groups -OCH3 is 1. The van der Waals surface area contributed by atoms with Gasteiger partial charge in [-0.3, -0.25) is 4.79 Å². The van der Waals surface area contributed by atoms with Gasteiger partial charge in [-0.15, -0.1) is 0 Å². The average molecular weight is 293 g/mol. The van der Waals surface area contributed by atoms with Crippen molar-refractivity contribution >= 4 is 17.7 Å². The van der Waals surface area contributed by atoms with Crippen molar-refractivity contribution in [2.75, 3.05) is 12.9 Å². The van der Waals surface area contributed by atoms with Gasteiger partial charge in [0, 0.05) is 18.5 Å². The van der Waals surface area contributed by atoms with Gasteiger partial charge >= 0.3 is 5.97 Å². The highest BCUT2D eigenvalue weighted by Gasteiger charge is 2.09. The number of ether oxygens (including phenoxy) is 1. The van der Waals surface area contributed by atoms with Crippen LogP contribution in [0.1, 0.15) is 11.3 Å². The number of pyridine rings is 1. The van der Waals surface area contributed by atoms with Gasteiger partial charge in [0.15, 0.2) is 5.16 Å². The second-order valence-electron chi connectivity index (χ2n) is 4.18. The molecule has 2 heterocycles. The number of carbonyl (C=O) groups is 1. The molecule has 0 radical (unpaired) electrons. The Kier molecular flexibility index (Phi) is 4.62. The zero-order valence-corrected chi connectivity index (χ0v) is 12.1. The van der Waals surface area contributed by atoms with Gasteiger partial charge in [-0.05, 0) is 12.5 Å². The van der Waals surface area contributed by atoms with Crippen molar-refractivity contribution in [3.8, 4) is 5.88 Å². The molecule has 7 heteroatoms. The molecule has 2 rings (SSSR count). The molecular formula is C13H15N3O3S. The van der Waals surface area contributed by atoms with Crippen molar-refractivity contribution in [2.24, 2.45) is 0 Å². The van der Waals surface area contributed by atoms with E-state index < -0.39 is 5.97 Å². The van der Waals surface area contributed by atoms with E-state index in [2.05, 4.69) is 9.97 Å². The summed E-state index contributed by atoms with van der Waals surface area (Å²) in [6, 6.07) is 3.72. The fourth-order valence-electron chi connectivity index (χ4n) is 1.70. The first-order valence-electron chi connectivity index (χ1n) is 5.96. The molecule has 0 saturated carbocycles. The van der Waals surface area contributed by atoms with Crippen molar-refractivity contribution in [1.29, 1.82) is 0 Å². The maximum absolute atomic E-state index is 10.6. The molecule has 0 aromatic carbocycles. The zero-order chi connectivity index (χ0) is 14.5. The Morgan fingerprint density at radius 3 is 2.90 bits per heavy atom.